The lowest BCUT2D eigenvalue weighted by Crippen LogP contribution is -2.28. The number of aryl methyl sites for hydroxylation is 2. The van der Waals surface area contributed by atoms with E-state index in [4.69, 9.17) is 6.42 Å². The Balaban J connectivity index is 1.60. The van der Waals surface area contributed by atoms with Crippen molar-refractivity contribution in [3.05, 3.63) is 23.1 Å². The van der Waals surface area contributed by atoms with E-state index in [-0.39, 0.29) is 11.6 Å². The molecule has 3 rings (SSSR count). The molecule has 8 heteroatoms. The van der Waals surface area contributed by atoms with E-state index in [1.165, 1.54) is 0 Å². The number of H-pyrrole nitrogens is 1. The van der Waals surface area contributed by atoms with E-state index in [0.29, 0.717) is 25.1 Å². The van der Waals surface area contributed by atoms with E-state index in [0.717, 1.165) is 35.6 Å². The SMILES string of the molecule is C#CCCC1(CCNC(=O)c2cc(-c3c(C)nn(CC)c3C)n[nH]2)N=N1. The van der Waals surface area contributed by atoms with Gasteiger partial charge in [-0.25, -0.2) is 0 Å². The van der Waals surface area contributed by atoms with Gasteiger partial charge in [-0.2, -0.15) is 20.4 Å². The maximum atomic E-state index is 12.3. The predicted octanol–water partition coefficient (Wildman–Crippen LogP) is 2.61. The van der Waals surface area contributed by atoms with Gasteiger partial charge >= 0.3 is 0 Å². The second kappa shape index (κ2) is 7.12. The van der Waals surface area contributed by atoms with Crippen LogP contribution >= 0.6 is 0 Å². The first-order valence-corrected chi connectivity index (χ1v) is 8.75. The van der Waals surface area contributed by atoms with E-state index in [2.05, 4.69) is 36.8 Å². The summed E-state index contributed by atoms with van der Waals surface area (Å²) in [6, 6.07) is 1.76. The molecule has 0 unspecified atom stereocenters. The first-order valence-electron chi connectivity index (χ1n) is 8.75. The van der Waals surface area contributed by atoms with Gasteiger partial charge in [-0.15, -0.1) is 12.3 Å². The highest BCUT2D eigenvalue weighted by Crippen LogP contribution is 2.36. The average molecular weight is 353 g/mol. The van der Waals surface area contributed by atoms with Crippen LogP contribution in [-0.2, 0) is 6.54 Å². The smallest absolute Gasteiger partial charge is 0.269 e. The number of terminal acetylenes is 1. The summed E-state index contributed by atoms with van der Waals surface area (Å²) in [5, 5.41) is 22.6. The second-order valence-electron chi connectivity index (χ2n) is 6.42. The van der Waals surface area contributed by atoms with Crippen LogP contribution in [0.15, 0.2) is 16.3 Å². The minimum Gasteiger partial charge on any atom is -0.351 e. The van der Waals surface area contributed by atoms with Gasteiger partial charge in [0.1, 0.15) is 5.69 Å². The molecule has 0 atom stereocenters. The summed E-state index contributed by atoms with van der Waals surface area (Å²) in [4.78, 5) is 12.3. The summed E-state index contributed by atoms with van der Waals surface area (Å²) < 4.78 is 1.93. The van der Waals surface area contributed by atoms with Crippen molar-refractivity contribution in [1.82, 2.24) is 25.3 Å². The van der Waals surface area contributed by atoms with Crippen LogP contribution in [0.25, 0.3) is 11.3 Å². The molecule has 26 heavy (non-hydrogen) atoms. The molecule has 3 heterocycles. The van der Waals surface area contributed by atoms with E-state index >= 15 is 0 Å². The molecular weight excluding hydrogens is 330 g/mol. The van der Waals surface area contributed by atoms with Gasteiger partial charge in [0.25, 0.3) is 5.91 Å². The van der Waals surface area contributed by atoms with Gasteiger partial charge in [0.2, 0.25) is 0 Å². The quantitative estimate of drug-likeness (QED) is 0.713. The number of aromatic amines is 1. The number of hydrogen-bond acceptors (Lipinski definition) is 5. The van der Waals surface area contributed by atoms with Crippen LogP contribution in [0.3, 0.4) is 0 Å². The monoisotopic (exact) mass is 353 g/mol. The van der Waals surface area contributed by atoms with Crippen molar-refractivity contribution in [3.8, 4) is 23.6 Å². The van der Waals surface area contributed by atoms with Crippen molar-refractivity contribution in [3.63, 3.8) is 0 Å². The fourth-order valence-electron chi connectivity index (χ4n) is 3.08. The number of nitrogens with one attached hydrogen (secondary N) is 2. The zero-order chi connectivity index (χ0) is 18.7. The summed E-state index contributed by atoms with van der Waals surface area (Å²) in [5.74, 6) is 2.40. The second-order valence-corrected chi connectivity index (χ2v) is 6.42. The number of nitrogens with zero attached hydrogens (tertiary/aromatic N) is 5. The summed E-state index contributed by atoms with van der Waals surface area (Å²) in [7, 11) is 0. The molecule has 1 aliphatic rings. The number of rotatable bonds is 8. The highest BCUT2D eigenvalue weighted by Gasteiger charge is 2.38. The topological polar surface area (TPSA) is 100 Å². The molecule has 0 bridgehead atoms. The van der Waals surface area contributed by atoms with Crippen LogP contribution in [-0.4, -0.2) is 38.1 Å². The molecule has 1 aliphatic heterocycles. The molecule has 0 aromatic carbocycles. The minimum atomic E-state index is -0.387. The van der Waals surface area contributed by atoms with Crippen molar-refractivity contribution < 1.29 is 4.79 Å². The Kier molecular flexibility index (Phi) is 4.89. The molecular formula is C18H23N7O. The Hall–Kier alpha value is -2.95. The van der Waals surface area contributed by atoms with Crippen LogP contribution in [0.5, 0.6) is 0 Å². The van der Waals surface area contributed by atoms with Gasteiger partial charge in [0.05, 0.1) is 11.4 Å². The molecule has 2 N–H and O–H groups in total. The third kappa shape index (κ3) is 3.52. The normalized spacial score (nSPS) is 14.2. The Bertz CT molecular complexity index is 878. The number of amides is 1. The van der Waals surface area contributed by atoms with Crippen molar-refractivity contribution in [1.29, 1.82) is 0 Å². The summed E-state index contributed by atoms with van der Waals surface area (Å²) in [6.45, 7) is 7.27. The maximum absolute atomic E-state index is 12.3. The Morgan fingerprint density at radius 1 is 1.38 bits per heavy atom. The lowest BCUT2D eigenvalue weighted by Gasteiger charge is -2.09. The standard InChI is InChI=1S/C18H23N7O/c1-5-7-8-18(23-24-18)9-10-19-17(26)15-11-14(20-21-15)16-12(3)22-25(6-2)13(16)4/h1,11H,6-10H2,2-4H3,(H,19,26)(H,20,21). The van der Waals surface area contributed by atoms with Crippen molar-refractivity contribution in [2.75, 3.05) is 6.54 Å². The van der Waals surface area contributed by atoms with Crippen LogP contribution < -0.4 is 5.32 Å². The van der Waals surface area contributed by atoms with Crippen LogP contribution in [0.2, 0.25) is 0 Å². The molecule has 2 aromatic heterocycles. The largest absolute Gasteiger partial charge is 0.351 e. The van der Waals surface area contributed by atoms with Crippen LogP contribution in [0.4, 0.5) is 0 Å². The molecule has 1 amide bonds. The van der Waals surface area contributed by atoms with Crippen molar-refractivity contribution in [2.24, 2.45) is 10.2 Å². The summed E-state index contributed by atoms with van der Waals surface area (Å²) in [6.07, 6.45) is 7.30. The van der Waals surface area contributed by atoms with Crippen LogP contribution in [0, 0.1) is 26.2 Å². The first-order chi connectivity index (χ1) is 12.5. The lowest BCUT2D eigenvalue weighted by atomic mass is 10.0. The molecule has 0 spiro atoms. The number of hydrogen-bond donors (Lipinski definition) is 2. The number of aromatic nitrogens is 4. The van der Waals surface area contributed by atoms with Gasteiger partial charge in [0, 0.05) is 43.6 Å². The van der Waals surface area contributed by atoms with E-state index in [1.807, 2.05) is 25.5 Å². The molecule has 0 saturated carbocycles. The molecule has 2 aromatic rings. The Morgan fingerprint density at radius 2 is 2.15 bits per heavy atom. The van der Waals surface area contributed by atoms with Crippen LogP contribution in [0.1, 0.15) is 48.1 Å². The van der Waals surface area contributed by atoms with Crippen molar-refractivity contribution >= 4 is 5.91 Å². The highest BCUT2D eigenvalue weighted by molar-refractivity contribution is 5.93. The Morgan fingerprint density at radius 3 is 2.77 bits per heavy atom. The highest BCUT2D eigenvalue weighted by atomic mass is 16.1. The predicted molar refractivity (Wildman–Crippen MR) is 97.6 cm³/mol. The fraction of sp³-hybridized carbons (Fsp3) is 0.500. The van der Waals surface area contributed by atoms with E-state index in [9.17, 15) is 4.79 Å². The minimum absolute atomic E-state index is 0.199. The molecule has 0 saturated heterocycles. The Labute approximate surface area is 152 Å². The average Bonchev–Trinajstić information content (AvgIpc) is 3.10. The molecule has 0 aliphatic carbocycles. The first kappa shape index (κ1) is 17.9. The van der Waals surface area contributed by atoms with Gasteiger partial charge in [-0.1, -0.05) is 0 Å². The fourth-order valence-corrected chi connectivity index (χ4v) is 3.08. The van der Waals surface area contributed by atoms with Gasteiger partial charge in [0.15, 0.2) is 5.66 Å². The molecule has 0 fully saturated rings. The van der Waals surface area contributed by atoms with Gasteiger partial charge < -0.3 is 5.32 Å². The van der Waals surface area contributed by atoms with Gasteiger partial charge in [-0.05, 0) is 26.8 Å². The summed E-state index contributed by atoms with van der Waals surface area (Å²) >= 11 is 0. The third-order valence-electron chi connectivity index (χ3n) is 4.62. The van der Waals surface area contributed by atoms with E-state index < -0.39 is 0 Å². The maximum Gasteiger partial charge on any atom is 0.269 e. The zero-order valence-electron chi connectivity index (χ0n) is 15.3. The molecule has 136 valence electrons. The lowest BCUT2D eigenvalue weighted by molar-refractivity contribution is 0.0947. The van der Waals surface area contributed by atoms with Crippen molar-refractivity contribution in [2.45, 2.75) is 52.2 Å². The number of carbonyl (C=O) groups is 1. The molecule has 0 radical (unpaired) electrons. The third-order valence-corrected chi connectivity index (χ3v) is 4.62. The van der Waals surface area contributed by atoms with Gasteiger partial charge in [-0.3, -0.25) is 14.6 Å². The molecule has 8 nitrogen and oxygen atoms in total. The van der Waals surface area contributed by atoms with E-state index in [1.54, 1.807) is 6.07 Å². The summed E-state index contributed by atoms with van der Waals surface area (Å²) in [5.41, 5.74) is 3.66. The zero-order valence-corrected chi connectivity index (χ0v) is 15.3. The number of carbonyl (C=O) groups excluding carboxylic acids is 1.